The van der Waals surface area contributed by atoms with Crippen LogP contribution in [0.1, 0.15) is 11.7 Å². The minimum atomic E-state index is -0.699. The van der Waals surface area contributed by atoms with E-state index in [1.807, 2.05) is 54.6 Å². The first-order valence-corrected chi connectivity index (χ1v) is 5.51. The molecule has 0 aromatic heterocycles. The van der Waals surface area contributed by atoms with Crippen LogP contribution in [0.2, 0.25) is 0 Å². The summed E-state index contributed by atoms with van der Waals surface area (Å²) < 4.78 is 5.72. The molecule has 2 rings (SSSR count). The van der Waals surface area contributed by atoms with Gasteiger partial charge in [-0.3, -0.25) is 0 Å². The number of rotatable bonds is 4. The largest absolute Gasteiger partial charge is 0.457 e. The lowest BCUT2D eigenvalue weighted by atomic mass is 10.1. The molecular weight excluding hydrogens is 214 g/mol. The van der Waals surface area contributed by atoms with E-state index in [4.69, 9.17) is 10.5 Å². The van der Waals surface area contributed by atoms with E-state index >= 15 is 0 Å². The van der Waals surface area contributed by atoms with Gasteiger partial charge in [0, 0.05) is 12.1 Å². The number of aliphatic hydroxyl groups is 1. The smallest absolute Gasteiger partial charge is 0.133 e. The molecule has 0 aliphatic rings. The van der Waals surface area contributed by atoms with Crippen LogP contribution in [0, 0.1) is 0 Å². The van der Waals surface area contributed by atoms with Crippen LogP contribution in [0.3, 0.4) is 0 Å². The van der Waals surface area contributed by atoms with Crippen LogP contribution in [-0.2, 0) is 0 Å². The van der Waals surface area contributed by atoms with Gasteiger partial charge in [0.05, 0.1) is 6.10 Å². The summed E-state index contributed by atoms with van der Waals surface area (Å²) in [5.74, 6) is 1.38. The Morgan fingerprint density at radius 2 is 1.65 bits per heavy atom. The molecular formula is C14H15NO2. The minimum absolute atomic E-state index is 0.176. The Morgan fingerprint density at radius 1 is 1.00 bits per heavy atom. The van der Waals surface area contributed by atoms with Crippen molar-refractivity contribution >= 4 is 0 Å². The van der Waals surface area contributed by atoms with Crippen LogP contribution < -0.4 is 10.5 Å². The lowest BCUT2D eigenvalue weighted by molar-refractivity contribution is 0.183. The van der Waals surface area contributed by atoms with E-state index in [1.54, 1.807) is 0 Å². The second-order valence-electron chi connectivity index (χ2n) is 3.70. The topological polar surface area (TPSA) is 55.5 Å². The van der Waals surface area contributed by atoms with Gasteiger partial charge in [-0.05, 0) is 18.2 Å². The van der Waals surface area contributed by atoms with E-state index in [-0.39, 0.29) is 6.54 Å². The average Bonchev–Trinajstić information content (AvgIpc) is 2.40. The molecule has 0 heterocycles. The second kappa shape index (κ2) is 5.48. The molecule has 17 heavy (non-hydrogen) atoms. The highest BCUT2D eigenvalue weighted by molar-refractivity contribution is 5.39. The molecule has 2 aromatic rings. The van der Waals surface area contributed by atoms with Crippen LogP contribution in [-0.4, -0.2) is 11.7 Å². The first kappa shape index (κ1) is 11.6. The highest BCUT2D eigenvalue weighted by atomic mass is 16.5. The fourth-order valence-corrected chi connectivity index (χ4v) is 1.59. The summed E-state index contributed by atoms with van der Waals surface area (Å²) in [6, 6.07) is 16.8. The van der Waals surface area contributed by atoms with Crippen molar-refractivity contribution in [1.29, 1.82) is 0 Å². The van der Waals surface area contributed by atoms with E-state index in [2.05, 4.69) is 0 Å². The lowest BCUT2D eigenvalue weighted by Gasteiger charge is -2.14. The van der Waals surface area contributed by atoms with E-state index in [1.165, 1.54) is 0 Å². The van der Waals surface area contributed by atoms with Crippen LogP contribution in [0.25, 0.3) is 0 Å². The van der Waals surface area contributed by atoms with Crippen molar-refractivity contribution in [3.8, 4) is 11.5 Å². The summed E-state index contributed by atoms with van der Waals surface area (Å²) >= 11 is 0. The number of para-hydroxylation sites is 2. The summed E-state index contributed by atoms with van der Waals surface area (Å²) in [7, 11) is 0. The van der Waals surface area contributed by atoms with Crippen molar-refractivity contribution in [2.45, 2.75) is 6.10 Å². The number of ether oxygens (including phenoxy) is 1. The molecule has 0 saturated carbocycles. The predicted octanol–water partition coefficient (Wildman–Crippen LogP) is 2.47. The van der Waals surface area contributed by atoms with Crippen LogP contribution in [0.5, 0.6) is 11.5 Å². The molecule has 3 N–H and O–H groups in total. The van der Waals surface area contributed by atoms with Crippen LogP contribution in [0.15, 0.2) is 54.6 Å². The standard InChI is InChI=1S/C14H15NO2/c15-10-13(16)12-8-4-5-9-14(12)17-11-6-2-1-3-7-11/h1-9,13,16H,10,15H2. The maximum absolute atomic E-state index is 9.78. The van der Waals surface area contributed by atoms with Gasteiger partial charge in [0.1, 0.15) is 11.5 Å². The Balaban J connectivity index is 2.27. The second-order valence-corrected chi connectivity index (χ2v) is 3.70. The fourth-order valence-electron chi connectivity index (χ4n) is 1.59. The maximum atomic E-state index is 9.78. The molecule has 0 radical (unpaired) electrons. The number of hydrogen-bond acceptors (Lipinski definition) is 3. The van der Waals surface area contributed by atoms with Gasteiger partial charge in [0.25, 0.3) is 0 Å². The van der Waals surface area contributed by atoms with Gasteiger partial charge in [-0.1, -0.05) is 36.4 Å². The summed E-state index contributed by atoms with van der Waals surface area (Å²) in [6.07, 6.45) is -0.699. The van der Waals surface area contributed by atoms with Gasteiger partial charge in [-0.2, -0.15) is 0 Å². The SMILES string of the molecule is NCC(O)c1ccccc1Oc1ccccc1. The molecule has 0 amide bonds. The first-order valence-electron chi connectivity index (χ1n) is 5.51. The zero-order valence-electron chi connectivity index (χ0n) is 9.41. The molecule has 3 nitrogen and oxygen atoms in total. The fraction of sp³-hybridized carbons (Fsp3) is 0.143. The van der Waals surface area contributed by atoms with Gasteiger partial charge in [0.15, 0.2) is 0 Å². The highest BCUT2D eigenvalue weighted by Crippen LogP contribution is 2.28. The van der Waals surface area contributed by atoms with Crippen LogP contribution >= 0.6 is 0 Å². The Kier molecular flexibility index (Phi) is 3.75. The Hall–Kier alpha value is -1.84. The summed E-state index contributed by atoms with van der Waals surface area (Å²) in [5, 5.41) is 9.78. The third kappa shape index (κ3) is 2.84. The summed E-state index contributed by atoms with van der Waals surface area (Å²) in [6.45, 7) is 0.176. The summed E-state index contributed by atoms with van der Waals surface area (Å²) in [4.78, 5) is 0. The molecule has 0 fully saturated rings. The number of nitrogens with two attached hydrogens (primary N) is 1. The van der Waals surface area contributed by atoms with Crippen LogP contribution in [0.4, 0.5) is 0 Å². The highest BCUT2D eigenvalue weighted by Gasteiger charge is 2.11. The molecule has 0 aliphatic carbocycles. The van der Waals surface area contributed by atoms with Gasteiger partial charge in [-0.25, -0.2) is 0 Å². The third-order valence-electron chi connectivity index (χ3n) is 2.47. The number of aliphatic hydroxyl groups excluding tert-OH is 1. The monoisotopic (exact) mass is 229 g/mol. The van der Waals surface area contributed by atoms with E-state index < -0.39 is 6.10 Å². The number of benzene rings is 2. The molecule has 0 spiro atoms. The first-order chi connectivity index (χ1) is 8.31. The maximum Gasteiger partial charge on any atom is 0.133 e. The molecule has 0 aliphatic heterocycles. The Bertz CT molecular complexity index is 471. The molecule has 88 valence electrons. The van der Waals surface area contributed by atoms with E-state index in [0.717, 1.165) is 5.75 Å². The van der Waals surface area contributed by atoms with Gasteiger partial charge in [0.2, 0.25) is 0 Å². The minimum Gasteiger partial charge on any atom is -0.457 e. The average molecular weight is 229 g/mol. The molecule has 3 heteroatoms. The van der Waals surface area contributed by atoms with Crippen molar-refractivity contribution in [2.24, 2.45) is 5.73 Å². The normalized spacial score (nSPS) is 12.1. The quantitative estimate of drug-likeness (QED) is 0.846. The molecule has 1 unspecified atom stereocenters. The van der Waals surface area contributed by atoms with E-state index in [9.17, 15) is 5.11 Å². The van der Waals surface area contributed by atoms with E-state index in [0.29, 0.717) is 11.3 Å². The van der Waals surface area contributed by atoms with Gasteiger partial charge < -0.3 is 15.6 Å². The van der Waals surface area contributed by atoms with Crippen molar-refractivity contribution in [3.63, 3.8) is 0 Å². The van der Waals surface area contributed by atoms with Gasteiger partial charge >= 0.3 is 0 Å². The third-order valence-corrected chi connectivity index (χ3v) is 2.47. The molecule has 2 aromatic carbocycles. The van der Waals surface area contributed by atoms with Crippen molar-refractivity contribution in [1.82, 2.24) is 0 Å². The van der Waals surface area contributed by atoms with Crippen molar-refractivity contribution in [3.05, 3.63) is 60.2 Å². The molecule has 1 atom stereocenters. The van der Waals surface area contributed by atoms with Crippen molar-refractivity contribution in [2.75, 3.05) is 6.54 Å². The Morgan fingerprint density at radius 3 is 2.35 bits per heavy atom. The molecule has 0 bridgehead atoms. The molecule has 0 saturated heterocycles. The predicted molar refractivity (Wildman–Crippen MR) is 67.0 cm³/mol. The van der Waals surface area contributed by atoms with Gasteiger partial charge in [-0.15, -0.1) is 0 Å². The lowest BCUT2D eigenvalue weighted by Crippen LogP contribution is -2.12. The number of hydrogen-bond donors (Lipinski definition) is 2. The zero-order valence-corrected chi connectivity index (χ0v) is 9.41. The zero-order chi connectivity index (χ0) is 12.1. The Labute approximate surface area is 100 Å². The summed E-state index contributed by atoms with van der Waals surface area (Å²) in [5.41, 5.74) is 6.17. The van der Waals surface area contributed by atoms with Crippen molar-refractivity contribution < 1.29 is 9.84 Å².